The molecule has 0 amide bonds. The summed E-state index contributed by atoms with van der Waals surface area (Å²) in [5.41, 5.74) is 0. The standard InChI is InChI=1S/C20H26O4S2/c21-17(13-23-19-7-3-1-4-8-19)15-25-11-12-26-16-18(22)14-24-20-9-5-2-6-10-20/h1-10,17-18,21-22H,11-16H2. The van der Waals surface area contributed by atoms with Crippen LogP contribution in [-0.4, -0.2) is 58.6 Å². The van der Waals surface area contributed by atoms with Crippen LogP contribution in [-0.2, 0) is 0 Å². The van der Waals surface area contributed by atoms with Crippen molar-refractivity contribution in [1.82, 2.24) is 0 Å². The van der Waals surface area contributed by atoms with Crippen LogP contribution in [0.3, 0.4) is 0 Å². The molecule has 0 saturated carbocycles. The number of aliphatic hydroxyl groups is 2. The Morgan fingerprint density at radius 1 is 0.654 bits per heavy atom. The molecular formula is C20H26O4S2. The molecule has 142 valence electrons. The van der Waals surface area contributed by atoms with Gasteiger partial charge in [-0.25, -0.2) is 0 Å². The second-order valence-electron chi connectivity index (χ2n) is 5.71. The van der Waals surface area contributed by atoms with Gasteiger partial charge in [-0.15, -0.1) is 0 Å². The monoisotopic (exact) mass is 394 g/mol. The Hall–Kier alpha value is -1.34. The summed E-state index contributed by atoms with van der Waals surface area (Å²) in [5.74, 6) is 4.70. The number of hydrogen-bond donors (Lipinski definition) is 2. The minimum absolute atomic E-state index is 0.305. The third-order valence-electron chi connectivity index (χ3n) is 3.36. The molecule has 0 radical (unpaired) electrons. The van der Waals surface area contributed by atoms with Crippen molar-refractivity contribution in [3.63, 3.8) is 0 Å². The highest BCUT2D eigenvalue weighted by molar-refractivity contribution is 8.02. The van der Waals surface area contributed by atoms with Gasteiger partial charge in [-0.2, -0.15) is 23.5 Å². The van der Waals surface area contributed by atoms with E-state index in [2.05, 4.69) is 0 Å². The molecule has 0 aliphatic rings. The van der Waals surface area contributed by atoms with Crippen LogP contribution < -0.4 is 9.47 Å². The van der Waals surface area contributed by atoms with Crippen molar-refractivity contribution >= 4 is 23.5 Å². The molecule has 2 aromatic rings. The van der Waals surface area contributed by atoms with Crippen LogP contribution in [0.15, 0.2) is 60.7 Å². The van der Waals surface area contributed by atoms with Gasteiger partial charge in [0.1, 0.15) is 24.7 Å². The van der Waals surface area contributed by atoms with Gasteiger partial charge >= 0.3 is 0 Å². The molecule has 0 aliphatic heterocycles. The molecule has 0 heterocycles. The summed E-state index contributed by atoms with van der Waals surface area (Å²) in [7, 11) is 0. The summed E-state index contributed by atoms with van der Waals surface area (Å²) in [6, 6.07) is 19.0. The van der Waals surface area contributed by atoms with Crippen LogP contribution >= 0.6 is 23.5 Å². The molecule has 2 atom stereocenters. The predicted octanol–water partition coefficient (Wildman–Crippen LogP) is 3.33. The first-order valence-electron chi connectivity index (χ1n) is 8.61. The lowest BCUT2D eigenvalue weighted by Gasteiger charge is -2.13. The van der Waals surface area contributed by atoms with Crippen molar-refractivity contribution in [2.75, 3.05) is 36.2 Å². The van der Waals surface area contributed by atoms with Crippen molar-refractivity contribution in [1.29, 1.82) is 0 Å². The molecule has 0 saturated heterocycles. The molecule has 26 heavy (non-hydrogen) atoms. The highest BCUT2D eigenvalue weighted by atomic mass is 32.2. The smallest absolute Gasteiger partial charge is 0.119 e. The minimum atomic E-state index is -0.477. The van der Waals surface area contributed by atoms with E-state index in [9.17, 15) is 10.2 Å². The molecule has 0 aromatic heterocycles. The molecule has 0 spiro atoms. The average Bonchev–Trinajstić information content (AvgIpc) is 2.69. The van der Waals surface area contributed by atoms with Crippen LogP contribution in [0.5, 0.6) is 11.5 Å². The normalized spacial score (nSPS) is 13.2. The van der Waals surface area contributed by atoms with Crippen LogP contribution in [0.2, 0.25) is 0 Å². The fourth-order valence-corrected chi connectivity index (χ4v) is 4.08. The third-order valence-corrected chi connectivity index (χ3v) is 5.85. The van der Waals surface area contributed by atoms with E-state index in [0.717, 1.165) is 23.0 Å². The number of ether oxygens (including phenoxy) is 2. The predicted molar refractivity (Wildman–Crippen MR) is 111 cm³/mol. The van der Waals surface area contributed by atoms with Crippen molar-refractivity contribution in [3.8, 4) is 11.5 Å². The zero-order valence-corrected chi connectivity index (χ0v) is 16.3. The van der Waals surface area contributed by atoms with Gasteiger partial charge in [0.15, 0.2) is 0 Å². The van der Waals surface area contributed by atoms with Crippen molar-refractivity contribution in [2.24, 2.45) is 0 Å². The van der Waals surface area contributed by atoms with Crippen molar-refractivity contribution in [3.05, 3.63) is 60.7 Å². The molecule has 4 nitrogen and oxygen atoms in total. The SMILES string of the molecule is OC(COc1ccccc1)CSCCSCC(O)COc1ccccc1. The van der Waals surface area contributed by atoms with E-state index in [1.54, 1.807) is 23.5 Å². The summed E-state index contributed by atoms with van der Waals surface area (Å²) in [5, 5.41) is 19.8. The molecule has 0 bridgehead atoms. The lowest BCUT2D eigenvalue weighted by atomic mass is 10.3. The molecule has 2 unspecified atom stereocenters. The Bertz CT molecular complexity index is 529. The topological polar surface area (TPSA) is 58.9 Å². The molecule has 6 heteroatoms. The number of rotatable bonds is 13. The van der Waals surface area contributed by atoms with Crippen LogP contribution in [0.1, 0.15) is 0 Å². The second kappa shape index (κ2) is 12.9. The van der Waals surface area contributed by atoms with E-state index in [1.165, 1.54) is 0 Å². The second-order valence-corrected chi connectivity index (χ2v) is 8.01. The highest BCUT2D eigenvalue weighted by Gasteiger charge is 2.07. The number of aliphatic hydroxyl groups excluding tert-OH is 2. The van der Waals surface area contributed by atoms with Gasteiger partial charge in [-0.3, -0.25) is 0 Å². The fourth-order valence-electron chi connectivity index (χ4n) is 2.07. The molecule has 2 rings (SSSR count). The Labute approximate surface area is 163 Å². The van der Waals surface area contributed by atoms with Crippen LogP contribution in [0.25, 0.3) is 0 Å². The maximum absolute atomic E-state index is 9.92. The van der Waals surface area contributed by atoms with E-state index in [0.29, 0.717) is 24.7 Å². The van der Waals surface area contributed by atoms with Gasteiger partial charge in [0.05, 0.1) is 12.2 Å². The van der Waals surface area contributed by atoms with Crippen LogP contribution in [0, 0.1) is 0 Å². The summed E-state index contributed by atoms with van der Waals surface area (Å²) in [6.07, 6.45) is -0.954. The van der Waals surface area contributed by atoms with E-state index < -0.39 is 12.2 Å². The van der Waals surface area contributed by atoms with E-state index in [1.807, 2.05) is 60.7 Å². The first kappa shape index (κ1) is 21.0. The summed E-state index contributed by atoms with van der Waals surface area (Å²) < 4.78 is 11.1. The first-order valence-corrected chi connectivity index (χ1v) is 10.9. The summed E-state index contributed by atoms with van der Waals surface area (Å²) in [4.78, 5) is 0. The fraction of sp³-hybridized carbons (Fsp3) is 0.400. The van der Waals surface area contributed by atoms with Gasteiger partial charge in [0, 0.05) is 23.0 Å². The van der Waals surface area contributed by atoms with Crippen molar-refractivity contribution in [2.45, 2.75) is 12.2 Å². The van der Waals surface area contributed by atoms with Gasteiger partial charge in [0.2, 0.25) is 0 Å². The quantitative estimate of drug-likeness (QED) is 0.508. The lowest BCUT2D eigenvalue weighted by Crippen LogP contribution is -2.21. The van der Waals surface area contributed by atoms with Gasteiger partial charge in [0.25, 0.3) is 0 Å². The zero-order valence-electron chi connectivity index (χ0n) is 14.7. The highest BCUT2D eigenvalue weighted by Crippen LogP contribution is 2.13. The lowest BCUT2D eigenvalue weighted by molar-refractivity contribution is 0.126. The van der Waals surface area contributed by atoms with Gasteiger partial charge < -0.3 is 19.7 Å². The number of para-hydroxylation sites is 2. The average molecular weight is 395 g/mol. The summed E-state index contributed by atoms with van der Waals surface area (Å²) >= 11 is 3.39. The Morgan fingerprint density at radius 3 is 1.42 bits per heavy atom. The van der Waals surface area contributed by atoms with Crippen molar-refractivity contribution < 1.29 is 19.7 Å². The maximum atomic E-state index is 9.92. The zero-order chi connectivity index (χ0) is 18.5. The summed E-state index contributed by atoms with van der Waals surface area (Å²) in [6.45, 7) is 0.611. The maximum Gasteiger partial charge on any atom is 0.119 e. The minimum Gasteiger partial charge on any atom is -0.491 e. The molecular weight excluding hydrogens is 368 g/mol. The third kappa shape index (κ3) is 9.38. The molecule has 2 aromatic carbocycles. The van der Waals surface area contributed by atoms with E-state index in [-0.39, 0.29) is 0 Å². The van der Waals surface area contributed by atoms with Gasteiger partial charge in [-0.05, 0) is 24.3 Å². The molecule has 0 fully saturated rings. The molecule has 2 N–H and O–H groups in total. The number of hydrogen-bond acceptors (Lipinski definition) is 6. The molecule has 0 aliphatic carbocycles. The first-order chi connectivity index (χ1) is 12.7. The van der Waals surface area contributed by atoms with E-state index in [4.69, 9.17) is 9.47 Å². The van der Waals surface area contributed by atoms with Crippen LogP contribution in [0.4, 0.5) is 0 Å². The Balaban J connectivity index is 1.43. The number of benzene rings is 2. The van der Waals surface area contributed by atoms with E-state index >= 15 is 0 Å². The largest absolute Gasteiger partial charge is 0.491 e. The van der Waals surface area contributed by atoms with Gasteiger partial charge in [-0.1, -0.05) is 36.4 Å². The Kier molecular flexibility index (Phi) is 10.4. The Morgan fingerprint density at radius 2 is 1.04 bits per heavy atom. The number of thioether (sulfide) groups is 2.